The van der Waals surface area contributed by atoms with Crippen LogP contribution in [-0.4, -0.2) is 0 Å². The standard InChI is InChI=1S/C45H51O3P/c1-4-7-10-19-34-28-31-43(40-25-16-13-22-37(34)40)46-49(47-44-32-29-35(20-11-8-5-2)38-23-14-17-26-41(38)44)48-45-33-30-36(21-12-9-6-3)39-24-15-18-27-42(39)45/h13-18,22-33H,4-12,19-21H2,1-3H3. The van der Waals surface area contributed by atoms with E-state index in [4.69, 9.17) is 13.6 Å². The van der Waals surface area contributed by atoms with Crippen molar-refractivity contribution in [3.8, 4) is 17.2 Å². The molecular weight excluding hydrogens is 619 g/mol. The van der Waals surface area contributed by atoms with Crippen LogP contribution >= 0.6 is 8.60 Å². The maximum Gasteiger partial charge on any atom is 0.530 e. The van der Waals surface area contributed by atoms with E-state index in [9.17, 15) is 0 Å². The molecule has 0 N–H and O–H groups in total. The van der Waals surface area contributed by atoms with Crippen LogP contribution in [-0.2, 0) is 19.3 Å². The first-order valence-corrected chi connectivity index (χ1v) is 19.7. The van der Waals surface area contributed by atoms with Crippen molar-refractivity contribution in [1.29, 1.82) is 0 Å². The summed E-state index contributed by atoms with van der Waals surface area (Å²) < 4.78 is 20.6. The highest BCUT2D eigenvalue weighted by molar-refractivity contribution is 7.43. The Hall–Kier alpha value is -4.07. The molecule has 4 heteroatoms. The van der Waals surface area contributed by atoms with Crippen molar-refractivity contribution in [2.75, 3.05) is 0 Å². The molecule has 0 radical (unpaired) electrons. The molecule has 0 heterocycles. The number of hydrogen-bond donors (Lipinski definition) is 0. The fourth-order valence-electron chi connectivity index (χ4n) is 6.89. The first kappa shape index (κ1) is 34.8. The third-order valence-electron chi connectivity index (χ3n) is 9.59. The second-order valence-electron chi connectivity index (χ2n) is 13.2. The molecule has 0 amide bonds. The maximum absolute atomic E-state index is 6.85. The zero-order valence-electron chi connectivity index (χ0n) is 29.5. The molecule has 0 saturated carbocycles. The summed E-state index contributed by atoms with van der Waals surface area (Å²) in [4.78, 5) is 0. The molecule has 0 spiro atoms. The minimum atomic E-state index is -1.88. The van der Waals surface area contributed by atoms with E-state index < -0.39 is 8.60 Å². The zero-order chi connectivity index (χ0) is 33.8. The summed E-state index contributed by atoms with van der Waals surface area (Å²) in [5.41, 5.74) is 4.07. The second kappa shape index (κ2) is 17.5. The Morgan fingerprint density at radius 3 is 0.918 bits per heavy atom. The molecule has 6 aromatic rings. The minimum absolute atomic E-state index is 0.780. The van der Waals surface area contributed by atoms with Crippen LogP contribution in [0.5, 0.6) is 17.2 Å². The molecule has 6 aromatic carbocycles. The van der Waals surface area contributed by atoms with Gasteiger partial charge in [-0.05, 0) is 89.6 Å². The quantitative estimate of drug-likeness (QED) is 0.0673. The first-order valence-electron chi connectivity index (χ1n) is 18.6. The number of unbranched alkanes of at least 4 members (excludes halogenated alkanes) is 6. The molecule has 0 fully saturated rings. The zero-order valence-corrected chi connectivity index (χ0v) is 30.4. The molecule has 0 unspecified atom stereocenters. The van der Waals surface area contributed by atoms with E-state index >= 15 is 0 Å². The molecule has 0 atom stereocenters. The first-order chi connectivity index (χ1) is 24.2. The normalized spacial score (nSPS) is 11.5. The third-order valence-corrected chi connectivity index (χ3v) is 10.6. The van der Waals surface area contributed by atoms with E-state index in [-0.39, 0.29) is 0 Å². The van der Waals surface area contributed by atoms with Gasteiger partial charge in [0.1, 0.15) is 17.2 Å². The van der Waals surface area contributed by atoms with Crippen molar-refractivity contribution < 1.29 is 13.6 Å². The van der Waals surface area contributed by atoms with E-state index in [1.807, 2.05) is 0 Å². The average molecular weight is 671 g/mol. The van der Waals surface area contributed by atoms with Gasteiger partial charge in [0.05, 0.1) is 0 Å². The smallest absolute Gasteiger partial charge is 0.408 e. The second-order valence-corrected chi connectivity index (χ2v) is 14.2. The minimum Gasteiger partial charge on any atom is -0.408 e. The Balaban J connectivity index is 1.38. The van der Waals surface area contributed by atoms with Gasteiger partial charge in [0.2, 0.25) is 0 Å². The van der Waals surface area contributed by atoms with E-state index in [1.54, 1.807) is 0 Å². The highest BCUT2D eigenvalue weighted by Gasteiger charge is 2.24. The number of benzene rings is 6. The summed E-state index contributed by atoms with van der Waals surface area (Å²) in [6.45, 7) is 6.76. The lowest BCUT2D eigenvalue weighted by atomic mass is 9.99. The van der Waals surface area contributed by atoms with Gasteiger partial charge >= 0.3 is 8.60 Å². The summed E-state index contributed by atoms with van der Waals surface area (Å²) >= 11 is 0. The monoisotopic (exact) mass is 670 g/mol. The van der Waals surface area contributed by atoms with Crippen LogP contribution in [0.25, 0.3) is 32.3 Å². The highest BCUT2D eigenvalue weighted by atomic mass is 31.2. The predicted octanol–water partition coefficient (Wildman–Crippen LogP) is 14.1. The van der Waals surface area contributed by atoms with Crippen LogP contribution in [0.4, 0.5) is 0 Å². The van der Waals surface area contributed by atoms with Crippen LogP contribution in [0.2, 0.25) is 0 Å². The van der Waals surface area contributed by atoms with Gasteiger partial charge in [0.15, 0.2) is 0 Å². The van der Waals surface area contributed by atoms with E-state index in [0.29, 0.717) is 0 Å². The van der Waals surface area contributed by atoms with E-state index in [0.717, 1.165) is 52.7 Å². The molecule has 49 heavy (non-hydrogen) atoms. The van der Waals surface area contributed by atoms with Gasteiger partial charge in [0.25, 0.3) is 0 Å². The van der Waals surface area contributed by atoms with Gasteiger partial charge < -0.3 is 13.6 Å². The molecule has 0 aliphatic heterocycles. The Bertz CT molecular complexity index is 1740. The Labute approximate surface area is 294 Å². The number of hydrogen-bond acceptors (Lipinski definition) is 3. The molecule has 0 aliphatic carbocycles. The SMILES string of the molecule is CCCCCc1ccc(OP(Oc2ccc(CCCCC)c3ccccc23)Oc2ccc(CCCCC)c3ccccc23)c2ccccc12. The molecular formula is C45H51O3P. The Kier molecular flexibility index (Phi) is 12.5. The van der Waals surface area contributed by atoms with Crippen molar-refractivity contribution >= 4 is 40.9 Å². The van der Waals surface area contributed by atoms with E-state index in [1.165, 1.54) is 90.6 Å². The lowest BCUT2D eigenvalue weighted by Crippen LogP contribution is -2.04. The molecule has 254 valence electrons. The molecule has 0 bridgehead atoms. The molecule has 3 nitrogen and oxygen atoms in total. The molecule has 0 aliphatic rings. The molecule has 6 rings (SSSR count). The lowest BCUT2D eigenvalue weighted by Gasteiger charge is -2.22. The molecule has 0 aromatic heterocycles. The van der Waals surface area contributed by atoms with Gasteiger partial charge in [-0.3, -0.25) is 0 Å². The topological polar surface area (TPSA) is 27.7 Å². The Morgan fingerprint density at radius 1 is 0.347 bits per heavy atom. The number of rotatable bonds is 18. The van der Waals surface area contributed by atoms with Crippen molar-refractivity contribution in [1.82, 2.24) is 0 Å². The van der Waals surface area contributed by atoms with Crippen molar-refractivity contribution in [3.63, 3.8) is 0 Å². The van der Waals surface area contributed by atoms with Crippen LogP contribution in [0.1, 0.15) is 95.2 Å². The number of aryl methyl sites for hydroxylation is 3. The van der Waals surface area contributed by atoms with Gasteiger partial charge in [0, 0.05) is 16.2 Å². The maximum atomic E-state index is 6.85. The van der Waals surface area contributed by atoms with Gasteiger partial charge in [-0.15, -0.1) is 0 Å². The van der Waals surface area contributed by atoms with Gasteiger partial charge in [-0.1, -0.05) is 150 Å². The van der Waals surface area contributed by atoms with Crippen molar-refractivity contribution in [2.24, 2.45) is 0 Å². The van der Waals surface area contributed by atoms with Gasteiger partial charge in [-0.2, -0.15) is 0 Å². The number of fused-ring (bicyclic) bond motifs is 3. The fraction of sp³-hybridized carbons (Fsp3) is 0.333. The predicted molar refractivity (Wildman–Crippen MR) is 210 cm³/mol. The summed E-state index contributed by atoms with van der Waals surface area (Å²) in [7, 11) is -1.88. The summed E-state index contributed by atoms with van der Waals surface area (Å²) in [6, 6.07) is 38.7. The van der Waals surface area contributed by atoms with Crippen LogP contribution in [0, 0.1) is 0 Å². The van der Waals surface area contributed by atoms with E-state index in [2.05, 4.69) is 130 Å². The van der Waals surface area contributed by atoms with Gasteiger partial charge in [-0.25, -0.2) is 0 Å². The highest BCUT2D eigenvalue weighted by Crippen LogP contribution is 2.48. The van der Waals surface area contributed by atoms with Crippen LogP contribution in [0.15, 0.2) is 109 Å². The van der Waals surface area contributed by atoms with Crippen molar-refractivity contribution in [3.05, 3.63) is 126 Å². The van der Waals surface area contributed by atoms with Crippen LogP contribution in [0.3, 0.4) is 0 Å². The van der Waals surface area contributed by atoms with Crippen LogP contribution < -0.4 is 13.6 Å². The third kappa shape index (κ3) is 8.57. The largest absolute Gasteiger partial charge is 0.530 e. The fourth-order valence-corrected chi connectivity index (χ4v) is 7.96. The summed E-state index contributed by atoms with van der Waals surface area (Å²) in [6.07, 6.45) is 14.1. The summed E-state index contributed by atoms with van der Waals surface area (Å²) in [5.74, 6) is 2.34. The Morgan fingerprint density at radius 2 is 0.633 bits per heavy atom. The molecule has 0 saturated heterocycles. The lowest BCUT2D eigenvalue weighted by molar-refractivity contribution is 0.393. The van der Waals surface area contributed by atoms with Crippen molar-refractivity contribution in [2.45, 2.75) is 97.8 Å². The summed E-state index contributed by atoms with van der Waals surface area (Å²) in [5, 5.41) is 6.95. The average Bonchev–Trinajstić information content (AvgIpc) is 3.14.